The molecule has 0 radical (unpaired) electrons. The Morgan fingerprint density at radius 2 is 2.05 bits per heavy atom. The van der Waals surface area contributed by atoms with E-state index in [0.717, 1.165) is 31.5 Å². The Morgan fingerprint density at radius 3 is 2.65 bits per heavy atom. The average Bonchev–Trinajstić information content (AvgIpc) is 2.47. The highest BCUT2D eigenvalue weighted by Gasteiger charge is 2.14. The summed E-state index contributed by atoms with van der Waals surface area (Å²) < 4.78 is 0. The quantitative estimate of drug-likeness (QED) is 0.856. The fourth-order valence-corrected chi connectivity index (χ4v) is 2.87. The number of hydrogen-bond donors (Lipinski definition) is 1. The maximum atomic E-state index is 12.1. The fourth-order valence-electron chi connectivity index (χ4n) is 2.87. The second-order valence-corrected chi connectivity index (χ2v) is 6.36. The number of carbonyl (C=O) groups is 1. The zero-order valence-electron chi connectivity index (χ0n) is 12.8. The van der Waals surface area contributed by atoms with Crippen molar-refractivity contribution in [1.29, 1.82) is 0 Å². The van der Waals surface area contributed by atoms with Crippen LogP contribution in [-0.4, -0.2) is 18.9 Å². The van der Waals surface area contributed by atoms with Crippen LogP contribution in [0.3, 0.4) is 0 Å². The van der Waals surface area contributed by atoms with Crippen LogP contribution in [0.1, 0.15) is 56.6 Å². The first-order valence-corrected chi connectivity index (χ1v) is 7.96. The summed E-state index contributed by atoms with van der Waals surface area (Å²) >= 11 is 0. The molecule has 0 spiro atoms. The van der Waals surface area contributed by atoms with Crippen LogP contribution in [-0.2, 0) is 11.2 Å². The Labute approximate surface area is 123 Å². The SMILES string of the molecule is CC(C)c1ccc(CC(=O)CCC2CCCNC2)cc1. The van der Waals surface area contributed by atoms with E-state index in [1.807, 2.05) is 0 Å². The molecule has 0 bridgehead atoms. The van der Waals surface area contributed by atoms with E-state index in [-0.39, 0.29) is 0 Å². The predicted molar refractivity (Wildman–Crippen MR) is 84.1 cm³/mol. The van der Waals surface area contributed by atoms with E-state index in [1.165, 1.54) is 18.4 Å². The van der Waals surface area contributed by atoms with E-state index in [0.29, 0.717) is 24.0 Å². The molecule has 0 amide bonds. The highest BCUT2D eigenvalue weighted by atomic mass is 16.1. The topological polar surface area (TPSA) is 29.1 Å². The lowest BCUT2D eigenvalue weighted by Crippen LogP contribution is -2.30. The first kappa shape index (κ1) is 15.2. The molecule has 2 heteroatoms. The van der Waals surface area contributed by atoms with Crippen LogP contribution in [0.25, 0.3) is 0 Å². The van der Waals surface area contributed by atoms with Crippen molar-refractivity contribution in [3.05, 3.63) is 35.4 Å². The van der Waals surface area contributed by atoms with Gasteiger partial charge >= 0.3 is 0 Å². The molecular formula is C18H27NO. The number of hydrogen-bond acceptors (Lipinski definition) is 2. The summed E-state index contributed by atoms with van der Waals surface area (Å²) in [6.07, 6.45) is 4.92. The summed E-state index contributed by atoms with van der Waals surface area (Å²) in [6.45, 7) is 6.62. The van der Waals surface area contributed by atoms with Gasteiger partial charge in [-0.15, -0.1) is 0 Å². The minimum Gasteiger partial charge on any atom is -0.316 e. The summed E-state index contributed by atoms with van der Waals surface area (Å²) in [5.74, 6) is 1.64. The Bertz CT molecular complexity index is 416. The summed E-state index contributed by atoms with van der Waals surface area (Å²) in [6, 6.07) is 8.52. The van der Waals surface area contributed by atoms with Crippen molar-refractivity contribution >= 4 is 5.78 Å². The highest BCUT2D eigenvalue weighted by molar-refractivity contribution is 5.80. The number of benzene rings is 1. The van der Waals surface area contributed by atoms with Crippen LogP contribution in [0.2, 0.25) is 0 Å². The molecule has 2 rings (SSSR count). The highest BCUT2D eigenvalue weighted by Crippen LogP contribution is 2.18. The molecule has 1 aliphatic rings. The second kappa shape index (κ2) is 7.58. The normalized spacial score (nSPS) is 19.2. The lowest BCUT2D eigenvalue weighted by Gasteiger charge is -2.22. The Morgan fingerprint density at radius 1 is 1.30 bits per heavy atom. The zero-order chi connectivity index (χ0) is 14.4. The maximum absolute atomic E-state index is 12.1. The van der Waals surface area contributed by atoms with E-state index in [2.05, 4.69) is 43.4 Å². The van der Waals surface area contributed by atoms with Gasteiger partial charge in [0.25, 0.3) is 0 Å². The smallest absolute Gasteiger partial charge is 0.137 e. The van der Waals surface area contributed by atoms with Gasteiger partial charge in [-0.25, -0.2) is 0 Å². The summed E-state index contributed by atoms with van der Waals surface area (Å²) in [7, 11) is 0. The van der Waals surface area contributed by atoms with Crippen molar-refractivity contribution in [2.24, 2.45) is 5.92 Å². The molecule has 1 N–H and O–H groups in total. The van der Waals surface area contributed by atoms with Crippen molar-refractivity contribution < 1.29 is 4.79 Å². The maximum Gasteiger partial charge on any atom is 0.137 e. The standard InChI is InChI=1S/C18H27NO/c1-14(2)17-8-5-15(6-9-17)12-18(20)10-7-16-4-3-11-19-13-16/h5-6,8-9,14,16,19H,3-4,7,10-13H2,1-2H3. The van der Waals surface area contributed by atoms with Crippen LogP contribution < -0.4 is 5.32 Å². The molecule has 1 aromatic rings. The van der Waals surface area contributed by atoms with E-state index >= 15 is 0 Å². The minimum absolute atomic E-state index is 0.382. The molecule has 110 valence electrons. The lowest BCUT2D eigenvalue weighted by molar-refractivity contribution is -0.118. The monoisotopic (exact) mass is 273 g/mol. The first-order chi connectivity index (χ1) is 9.65. The van der Waals surface area contributed by atoms with Gasteiger partial charge in [0.2, 0.25) is 0 Å². The molecule has 2 nitrogen and oxygen atoms in total. The van der Waals surface area contributed by atoms with Crippen LogP contribution in [0, 0.1) is 5.92 Å². The molecule has 1 aromatic carbocycles. The number of rotatable bonds is 6. The molecule has 0 aromatic heterocycles. The molecule has 0 saturated carbocycles. The molecule has 1 atom stereocenters. The second-order valence-electron chi connectivity index (χ2n) is 6.36. The molecule has 1 fully saturated rings. The van der Waals surface area contributed by atoms with Crippen molar-refractivity contribution in [3.8, 4) is 0 Å². The molecule has 1 heterocycles. The number of ketones is 1. The van der Waals surface area contributed by atoms with E-state index < -0.39 is 0 Å². The van der Waals surface area contributed by atoms with Gasteiger partial charge in [0.15, 0.2) is 0 Å². The summed E-state index contributed by atoms with van der Waals surface area (Å²) in [4.78, 5) is 12.1. The first-order valence-electron chi connectivity index (χ1n) is 7.96. The van der Waals surface area contributed by atoms with Gasteiger partial charge in [0, 0.05) is 12.8 Å². The van der Waals surface area contributed by atoms with E-state index in [4.69, 9.17) is 0 Å². The third-order valence-electron chi connectivity index (χ3n) is 4.28. The summed E-state index contributed by atoms with van der Waals surface area (Å²) in [5.41, 5.74) is 2.50. The van der Waals surface area contributed by atoms with Crippen LogP contribution in [0.5, 0.6) is 0 Å². The van der Waals surface area contributed by atoms with Gasteiger partial charge in [-0.1, -0.05) is 38.1 Å². The van der Waals surface area contributed by atoms with Gasteiger partial charge < -0.3 is 5.32 Å². The van der Waals surface area contributed by atoms with Crippen molar-refractivity contribution in [1.82, 2.24) is 5.32 Å². The molecule has 20 heavy (non-hydrogen) atoms. The average molecular weight is 273 g/mol. The van der Waals surface area contributed by atoms with Gasteiger partial charge in [0.05, 0.1) is 0 Å². The molecular weight excluding hydrogens is 246 g/mol. The Kier molecular flexibility index (Phi) is 5.78. The van der Waals surface area contributed by atoms with Gasteiger partial charge in [0.1, 0.15) is 5.78 Å². The van der Waals surface area contributed by atoms with Gasteiger partial charge in [-0.2, -0.15) is 0 Å². The van der Waals surface area contributed by atoms with Crippen LogP contribution in [0.15, 0.2) is 24.3 Å². The number of carbonyl (C=O) groups excluding carboxylic acids is 1. The van der Waals surface area contributed by atoms with E-state index in [1.54, 1.807) is 0 Å². The predicted octanol–water partition coefficient (Wildman–Crippen LogP) is 3.70. The lowest BCUT2D eigenvalue weighted by atomic mass is 9.92. The third-order valence-corrected chi connectivity index (χ3v) is 4.28. The Balaban J connectivity index is 1.75. The van der Waals surface area contributed by atoms with Crippen molar-refractivity contribution in [2.75, 3.05) is 13.1 Å². The van der Waals surface area contributed by atoms with Gasteiger partial charge in [-0.05, 0) is 55.3 Å². The Hall–Kier alpha value is -1.15. The molecule has 1 aliphatic heterocycles. The van der Waals surface area contributed by atoms with Crippen molar-refractivity contribution in [2.45, 2.75) is 51.9 Å². The molecule has 0 aliphatic carbocycles. The zero-order valence-corrected chi connectivity index (χ0v) is 12.8. The largest absolute Gasteiger partial charge is 0.316 e. The number of Topliss-reactive ketones (excluding diaryl/α,β-unsaturated/α-hetero) is 1. The number of nitrogens with one attached hydrogen (secondary N) is 1. The summed E-state index contributed by atoms with van der Waals surface area (Å²) in [5, 5.41) is 3.41. The van der Waals surface area contributed by atoms with Crippen molar-refractivity contribution in [3.63, 3.8) is 0 Å². The van der Waals surface area contributed by atoms with E-state index in [9.17, 15) is 4.79 Å². The van der Waals surface area contributed by atoms with Gasteiger partial charge in [-0.3, -0.25) is 4.79 Å². The third kappa shape index (κ3) is 4.75. The van der Waals surface area contributed by atoms with Crippen LogP contribution >= 0.6 is 0 Å². The van der Waals surface area contributed by atoms with Crippen LogP contribution in [0.4, 0.5) is 0 Å². The number of piperidine rings is 1. The fraction of sp³-hybridized carbons (Fsp3) is 0.611. The molecule has 1 saturated heterocycles. The minimum atomic E-state index is 0.382. The molecule has 1 unspecified atom stereocenters.